The topological polar surface area (TPSA) is 73.9 Å². The van der Waals surface area contributed by atoms with Crippen molar-refractivity contribution in [3.63, 3.8) is 0 Å². The van der Waals surface area contributed by atoms with Crippen LogP contribution in [0.15, 0.2) is 18.2 Å². The first-order valence-electron chi connectivity index (χ1n) is 9.56. The van der Waals surface area contributed by atoms with Crippen molar-refractivity contribution in [1.29, 1.82) is 0 Å². The maximum absolute atomic E-state index is 12.4. The minimum atomic E-state index is -0.218. The maximum Gasteiger partial charge on any atom is 0.238 e. The fraction of sp³-hybridized carbons (Fsp3) is 0.600. The molecular weight excluding hydrogens is 380 g/mol. The molecule has 8 heteroatoms. The summed E-state index contributed by atoms with van der Waals surface area (Å²) >= 11 is 6.05. The van der Waals surface area contributed by atoms with Crippen LogP contribution < -0.4 is 15.4 Å². The van der Waals surface area contributed by atoms with Gasteiger partial charge in [-0.3, -0.25) is 19.4 Å². The maximum atomic E-state index is 12.4. The Balaban J connectivity index is 1.47. The quantitative estimate of drug-likeness (QED) is 0.752. The van der Waals surface area contributed by atoms with Crippen LogP contribution in [-0.2, 0) is 9.59 Å². The van der Waals surface area contributed by atoms with Gasteiger partial charge in [-0.25, -0.2) is 0 Å². The molecular formula is C20H29ClN4O3. The molecule has 4 rings (SSSR count). The van der Waals surface area contributed by atoms with E-state index in [4.69, 9.17) is 16.3 Å². The van der Waals surface area contributed by atoms with E-state index in [-0.39, 0.29) is 17.4 Å². The number of hydrogen-bond donors (Lipinski definition) is 2. The Kier molecular flexibility index (Phi) is 6.17. The molecule has 2 unspecified atom stereocenters. The van der Waals surface area contributed by atoms with E-state index in [1.807, 2.05) is 20.8 Å². The Labute approximate surface area is 171 Å². The Morgan fingerprint density at radius 1 is 1.14 bits per heavy atom. The highest BCUT2D eigenvalue weighted by Gasteiger charge is 2.45. The van der Waals surface area contributed by atoms with Crippen molar-refractivity contribution in [1.82, 2.24) is 15.1 Å². The lowest BCUT2D eigenvalue weighted by atomic mass is 9.87. The number of anilines is 1. The number of piperidine rings is 1. The third-order valence-corrected chi connectivity index (χ3v) is 5.24. The standard InChI is InChI=1S/C20H29ClN4O3/c1-20(2,3)23-19(27)12-25-15-8-16(25)10-24(9-15)11-18(26)22-14-5-13(21)6-17(7-14)28-4/h5-7,15-16H,8-12H2,1-4H3,(H,22,26)(H,23,27). The molecule has 3 aliphatic rings. The number of rotatable bonds is 6. The van der Waals surface area contributed by atoms with Crippen molar-refractivity contribution in [2.24, 2.45) is 0 Å². The number of nitrogens with one attached hydrogen (secondary N) is 2. The number of fused-ring (bicyclic) bond motifs is 2. The lowest BCUT2D eigenvalue weighted by molar-refractivity contribution is -0.134. The molecule has 3 saturated heterocycles. The molecule has 0 saturated carbocycles. The summed E-state index contributed by atoms with van der Waals surface area (Å²) in [7, 11) is 1.56. The molecule has 0 radical (unpaired) electrons. The smallest absolute Gasteiger partial charge is 0.238 e. The van der Waals surface area contributed by atoms with E-state index in [9.17, 15) is 9.59 Å². The Hall–Kier alpha value is -1.83. The predicted molar refractivity (Wildman–Crippen MR) is 110 cm³/mol. The number of amides is 2. The van der Waals surface area contributed by atoms with E-state index < -0.39 is 0 Å². The fourth-order valence-corrected chi connectivity index (χ4v) is 4.17. The molecule has 28 heavy (non-hydrogen) atoms. The molecule has 2 N–H and O–H groups in total. The van der Waals surface area contributed by atoms with Gasteiger partial charge in [0.1, 0.15) is 5.75 Å². The first-order valence-corrected chi connectivity index (χ1v) is 9.94. The van der Waals surface area contributed by atoms with E-state index in [1.54, 1.807) is 25.3 Å². The summed E-state index contributed by atoms with van der Waals surface area (Å²) in [6, 6.07) is 5.81. The molecule has 1 aromatic carbocycles. The second kappa shape index (κ2) is 8.27. The summed E-state index contributed by atoms with van der Waals surface area (Å²) in [6.07, 6.45) is 1.09. The number of methoxy groups -OCH3 is 1. The van der Waals surface area contributed by atoms with Gasteiger partial charge in [0.2, 0.25) is 11.8 Å². The first-order chi connectivity index (χ1) is 13.1. The number of carbonyl (C=O) groups is 2. The number of halogens is 1. The summed E-state index contributed by atoms with van der Waals surface area (Å²) in [5.74, 6) is 0.581. The van der Waals surface area contributed by atoms with Crippen molar-refractivity contribution in [2.75, 3.05) is 38.6 Å². The molecule has 3 heterocycles. The Morgan fingerprint density at radius 2 is 1.82 bits per heavy atom. The normalized spacial score (nSPS) is 22.3. The highest BCUT2D eigenvalue weighted by atomic mass is 35.5. The average molecular weight is 409 g/mol. The van der Waals surface area contributed by atoms with Crippen molar-refractivity contribution in [3.8, 4) is 5.75 Å². The second-order valence-electron chi connectivity index (χ2n) is 8.64. The molecule has 1 aromatic rings. The van der Waals surface area contributed by atoms with Gasteiger partial charge in [-0.1, -0.05) is 11.6 Å². The zero-order valence-electron chi connectivity index (χ0n) is 16.9. The number of carbonyl (C=O) groups excluding carboxylic acids is 2. The van der Waals surface area contributed by atoms with E-state index in [2.05, 4.69) is 20.4 Å². The predicted octanol–water partition coefficient (Wildman–Crippen LogP) is 1.96. The van der Waals surface area contributed by atoms with Crippen molar-refractivity contribution >= 4 is 29.1 Å². The first kappa shape index (κ1) is 20.9. The third kappa shape index (κ3) is 5.37. The molecule has 2 amide bonds. The molecule has 3 aliphatic heterocycles. The Morgan fingerprint density at radius 3 is 2.43 bits per heavy atom. The largest absolute Gasteiger partial charge is 0.497 e. The van der Waals surface area contributed by atoms with Gasteiger partial charge in [-0.2, -0.15) is 0 Å². The van der Waals surface area contributed by atoms with Gasteiger partial charge in [-0.15, -0.1) is 0 Å². The van der Waals surface area contributed by atoms with E-state index in [0.29, 0.717) is 41.6 Å². The summed E-state index contributed by atoms with van der Waals surface area (Å²) in [6.45, 7) is 8.29. The van der Waals surface area contributed by atoms with E-state index >= 15 is 0 Å². The van der Waals surface area contributed by atoms with Gasteiger partial charge in [0.25, 0.3) is 0 Å². The fourth-order valence-electron chi connectivity index (χ4n) is 3.94. The van der Waals surface area contributed by atoms with Crippen molar-refractivity contribution < 1.29 is 14.3 Å². The van der Waals surface area contributed by atoms with Gasteiger partial charge in [0.15, 0.2) is 0 Å². The number of ether oxygens (including phenoxy) is 1. The summed E-state index contributed by atoms with van der Waals surface area (Å²) in [4.78, 5) is 29.0. The molecule has 3 fully saturated rings. The molecule has 7 nitrogen and oxygen atoms in total. The van der Waals surface area contributed by atoms with Gasteiger partial charge in [0, 0.05) is 47.5 Å². The van der Waals surface area contributed by atoms with Crippen LogP contribution in [0.2, 0.25) is 5.02 Å². The van der Waals surface area contributed by atoms with E-state index in [0.717, 1.165) is 19.5 Å². The number of nitrogens with zero attached hydrogens (tertiary/aromatic N) is 2. The third-order valence-electron chi connectivity index (χ3n) is 5.02. The van der Waals surface area contributed by atoms with Crippen molar-refractivity contribution in [2.45, 2.75) is 44.8 Å². The molecule has 0 aromatic heterocycles. The second-order valence-corrected chi connectivity index (χ2v) is 9.07. The summed E-state index contributed by atoms with van der Waals surface area (Å²) in [5.41, 5.74) is 0.404. The van der Waals surface area contributed by atoms with Crippen LogP contribution in [-0.4, -0.2) is 72.5 Å². The lowest BCUT2D eigenvalue weighted by Gasteiger charge is -2.56. The van der Waals surface area contributed by atoms with Crippen LogP contribution in [0, 0.1) is 0 Å². The number of piperazine rings is 1. The van der Waals surface area contributed by atoms with Gasteiger partial charge in [0.05, 0.1) is 20.2 Å². The Bertz CT molecular complexity index is 737. The molecule has 0 aliphatic carbocycles. The van der Waals surface area contributed by atoms with E-state index in [1.165, 1.54) is 0 Å². The summed E-state index contributed by atoms with van der Waals surface area (Å²) < 4.78 is 5.18. The summed E-state index contributed by atoms with van der Waals surface area (Å²) in [5, 5.41) is 6.41. The van der Waals surface area contributed by atoms with Crippen LogP contribution in [0.4, 0.5) is 5.69 Å². The monoisotopic (exact) mass is 408 g/mol. The van der Waals surface area contributed by atoms with Crippen LogP contribution in [0.3, 0.4) is 0 Å². The highest BCUT2D eigenvalue weighted by Crippen LogP contribution is 2.32. The molecule has 154 valence electrons. The zero-order chi connectivity index (χ0) is 20.5. The molecule has 0 spiro atoms. The number of benzene rings is 1. The van der Waals surface area contributed by atoms with Gasteiger partial charge >= 0.3 is 0 Å². The lowest BCUT2D eigenvalue weighted by Crippen LogP contribution is -2.70. The minimum Gasteiger partial charge on any atom is -0.497 e. The van der Waals surface area contributed by atoms with Gasteiger partial charge < -0.3 is 15.4 Å². The number of hydrogen-bond acceptors (Lipinski definition) is 5. The highest BCUT2D eigenvalue weighted by molar-refractivity contribution is 6.31. The van der Waals surface area contributed by atoms with Crippen LogP contribution in [0.1, 0.15) is 27.2 Å². The minimum absolute atomic E-state index is 0.0586. The van der Waals surface area contributed by atoms with Gasteiger partial charge in [-0.05, 0) is 39.3 Å². The SMILES string of the molecule is COc1cc(Cl)cc(NC(=O)CN2CC3CC(C2)N3CC(=O)NC(C)(C)C)c1. The van der Waals surface area contributed by atoms with Crippen LogP contribution >= 0.6 is 11.6 Å². The average Bonchev–Trinajstić information content (AvgIpc) is 2.57. The molecule has 2 bridgehead atoms. The van der Waals surface area contributed by atoms with Crippen LogP contribution in [0.25, 0.3) is 0 Å². The zero-order valence-corrected chi connectivity index (χ0v) is 17.7. The molecule has 2 atom stereocenters. The van der Waals surface area contributed by atoms with Crippen LogP contribution in [0.5, 0.6) is 5.75 Å². The van der Waals surface area contributed by atoms with Crippen molar-refractivity contribution in [3.05, 3.63) is 23.2 Å².